The van der Waals surface area contributed by atoms with Crippen molar-refractivity contribution in [3.63, 3.8) is 0 Å². The zero-order valence-corrected chi connectivity index (χ0v) is 17.7. The van der Waals surface area contributed by atoms with Crippen LogP contribution < -0.4 is 4.90 Å². The predicted octanol–water partition coefficient (Wildman–Crippen LogP) is 3.75. The molecule has 6 nitrogen and oxygen atoms in total. The maximum absolute atomic E-state index is 13.1. The van der Waals surface area contributed by atoms with Crippen molar-refractivity contribution in [1.29, 1.82) is 0 Å². The highest BCUT2D eigenvalue weighted by molar-refractivity contribution is 5.96. The van der Waals surface area contributed by atoms with Crippen LogP contribution in [0.2, 0.25) is 0 Å². The molecule has 1 aliphatic rings. The van der Waals surface area contributed by atoms with E-state index in [0.29, 0.717) is 24.3 Å². The first kappa shape index (κ1) is 23.6. The number of ether oxygens (including phenoxy) is 2. The van der Waals surface area contributed by atoms with Gasteiger partial charge in [0.05, 0.1) is 25.4 Å². The third-order valence-corrected chi connectivity index (χ3v) is 5.06. The Bertz CT molecular complexity index is 908. The number of carbonyl (C=O) groups excluding carboxylic acids is 2. The Morgan fingerprint density at radius 3 is 2.22 bits per heavy atom. The van der Waals surface area contributed by atoms with Crippen LogP contribution in [-0.4, -0.2) is 56.2 Å². The Morgan fingerprint density at radius 2 is 1.66 bits per heavy atom. The molecule has 1 amide bonds. The first-order chi connectivity index (χ1) is 15.3. The van der Waals surface area contributed by atoms with E-state index in [4.69, 9.17) is 9.47 Å². The van der Waals surface area contributed by atoms with Gasteiger partial charge in [-0.25, -0.2) is 0 Å². The van der Waals surface area contributed by atoms with Gasteiger partial charge in [-0.1, -0.05) is 12.1 Å². The highest BCUT2D eigenvalue weighted by atomic mass is 19.4. The molecule has 0 aliphatic carbocycles. The number of anilines is 1. The number of carbonyl (C=O) groups is 2. The number of hydrogen-bond donors (Lipinski definition) is 0. The van der Waals surface area contributed by atoms with Gasteiger partial charge in [-0.05, 0) is 48.9 Å². The Morgan fingerprint density at radius 1 is 1.03 bits per heavy atom. The Labute approximate surface area is 184 Å². The molecular formula is C23H25F3N2O4. The summed E-state index contributed by atoms with van der Waals surface area (Å²) in [5.41, 5.74) is 1.03. The van der Waals surface area contributed by atoms with Crippen LogP contribution in [0.4, 0.5) is 18.9 Å². The highest BCUT2D eigenvalue weighted by Crippen LogP contribution is 2.29. The fraction of sp³-hybridized carbons (Fsp3) is 0.391. The molecule has 0 radical (unpaired) electrons. The van der Waals surface area contributed by atoms with Gasteiger partial charge in [0.15, 0.2) is 0 Å². The number of hydrogen-bond acceptors (Lipinski definition) is 5. The number of alkyl halides is 3. The lowest BCUT2D eigenvalue weighted by Crippen LogP contribution is -2.37. The Balaban J connectivity index is 1.76. The van der Waals surface area contributed by atoms with E-state index in [0.717, 1.165) is 30.9 Å². The molecule has 1 heterocycles. The number of rotatable bonds is 7. The second kappa shape index (κ2) is 10.5. The number of amides is 1. The minimum absolute atomic E-state index is 0.0268. The van der Waals surface area contributed by atoms with Gasteiger partial charge in [-0.3, -0.25) is 9.59 Å². The summed E-state index contributed by atoms with van der Waals surface area (Å²) in [5.74, 6) is -0.996. The smallest absolute Gasteiger partial charge is 0.416 e. The fourth-order valence-corrected chi connectivity index (χ4v) is 3.40. The summed E-state index contributed by atoms with van der Waals surface area (Å²) < 4.78 is 48.8. The summed E-state index contributed by atoms with van der Waals surface area (Å²) in [6, 6.07) is 11.5. The van der Waals surface area contributed by atoms with Gasteiger partial charge in [0.25, 0.3) is 5.91 Å². The topological polar surface area (TPSA) is 59.1 Å². The summed E-state index contributed by atoms with van der Waals surface area (Å²) >= 11 is 0. The normalized spacial score (nSPS) is 14.2. The molecule has 0 saturated carbocycles. The van der Waals surface area contributed by atoms with Crippen LogP contribution in [0.1, 0.15) is 28.4 Å². The Kier molecular flexibility index (Phi) is 7.74. The van der Waals surface area contributed by atoms with E-state index in [1.165, 1.54) is 17.0 Å². The molecule has 0 N–H and O–H groups in total. The average molecular weight is 450 g/mol. The second-order valence-corrected chi connectivity index (χ2v) is 7.31. The number of benzene rings is 2. The summed E-state index contributed by atoms with van der Waals surface area (Å²) in [7, 11) is 0. The predicted molar refractivity (Wildman–Crippen MR) is 112 cm³/mol. The van der Waals surface area contributed by atoms with Crippen molar-refractivity contribution < 1.29 is 32.2 Å². The number of esters is 1. The van der Waals surface area contributed by atoms with Gasteiger partial charge in [-0.15, -0.1) is 0 Å². The van der Waals surface area contributed by atoms with Gasteiger partial charge >= 0.3 is 12.1 Å². The molecule has 9 heteroatoms. The molecule has 3 rings (SSSR count). The van der Waals surface area contributed by atoms with Gasteiger partial charge in [0.2, 0.25) is 0 Å². The number of nitrogens with zero attached hydrogens (tertiary/aromatic N) is 2. The lowest BCUT2D eigenvalue weighted by molar-refractivity contribution is -0.144. The molecule has 2 aromatic carbocycles. The standard InChI is InChI=1S/C23H25F3N2O4/c1-2-32-21(29)16-28(15-17-3-7-19(8-4-17)23(24,25)26)22(30)18-5-9-20(10-6-18)27-11-13-31-14-12-27/h3-10H,2,11-16H2,1H3. The maximum atomic E-state index is 13.1. The lowest BCUT2D eigenvalue weighted by Gasteiger charge is -2.29. The molecule has 172 valence electrons. The molecule has 32 heavy (non-hydrogen) atoms. The zero-order valence-electron chi connectivity index (χ0n) is 17.7. The van der Waals surface area contributed by atoms with Crippen molar-refractivity contribution in [3.05, 3.63) is 65.2 Å². The van der Waals surface area contributed by atoms with Crippen LogP contribution in [0.15, 0.2) is 48.5 Å². The molecule has 1 aliphatic heterocycles. The minimum atomic E-state index is -4.44. The van der Waals surface area contributed by atoms with Crippen molar-refractivity contribution in [3.8, 4) is 0 Å². The molecular weight excluding hydrogens is 425 g/mol. The summed E-state index contributed by atoms with van der Waals surface area (Å²) in [6.45, 7) is 4.29. The first-order valence-corrected chi connectivity index (χ1v) is 10.3. The molecule has 1 fully saturated rings. The third kappa shape index (κ3) is 6.23. The van der Waals surface area contributed by atoms with Crippen LogP contribution in [0.25, 0.3) is 0 Å². The SMILES string of the molecule is CCOC(=O)CN(Cc1ccc(C(F)(F)F)cc1)C(=O)c1ccc(N2CCOCC2)cc1. The van der Waals surface area contributed by atoms with Gasteiger partial charge in [0, 0.05) is 30.9 Å². The maximum Gasteiger partial charge on any atom is 0.416 e. The zero-order chi connectivity index (χ0) is 23.1. The van der Waals surface area contributed by atoms with Crippen LogP contribution in [0.3, 0.4) is 0 Å². The van der Waals surface area contributed by atoms with Crippen LogP contribution in [0.5, 0.6) is 0 Å². The first-order valence-electron chi connectivity index (χ1n) is 10.3. The van der Waals surface area contributed by atoms with Crippen molar-refractivity contribution in [2.24, 2.45) is 0 Å². The van der Waals surface area contributed by atoms with Crippen LogP contribution in [-0.2, 0) is 27.0 Å². The average Bonchev–Trinajstić information content (AvgIpc) is 2.79. The molecule has 0 atom stereocenters. The van der Waals surface area contributed by atoms with Crippen LogP contribution >= 0.6 is 0 Å². The van der Waals surface area contributed by atoms with Crippen molar-refractivity contribution in [2.75, 3.05) is 44.4 Å². The minimum Gasteiger partial charge on any atom is -0.465 e. The number of morpholine rings is 1. The van der Waals surface area contributed by atoms with E-state index in [9.17, 15) is 22.8 Å². The monoisotopic (exact) mass is 450 g/mol. The summed E-state index contributed by atoms with van der Waals surface area (Å²) in [5, 5.41) is 0. The van der Waals surface area contributed by atoms with Gasteiger partial charge < -0.3 is 19.3 Å². The Hall–Kier alpha value is -3.07. The molecule has 2 aromatic rings. The third-order valence-electron chi connectivity index (χ3n) is 5.06. The van der Waals surface area contributed by atoms with E-state index in [1.807, 2.05) is 12.1 Å². The highest BCUT2D eigenvalue weighted by Gasteiger charge is 2.30. The molecule has 0 aromatic heterocycles. The second-order valence-electron chi connectivity index (χ2n) is 7.31. The van der Waals surface area contributed by atoms with Crippen molar-refractivity contribution >= 4 is 17.6 Å². The van der Waals surface area contributed by atoms with Gasteiger partial charge in [0.1, 0.15) is 6.54 Å². The van der Waals surface area contributed by atoms with E-state index >= 15 is 0 Å². The van der Waals surface area contributed by atoms with Crippen molar-refractivity contribution in [2.45, 2.75) is 19.6 Å². The van der Waals surface area contributed by atoms with Crippen molar-refractivity contribution in [1.82, 2.24) is 4.90 Å². The molecule has 0 bridgehead atoms. The summed E-state index contributed by atoms with van der Waals surface area (Å²) in [6.07, 6.45) is -4.44. The lowest BCUT2D eigenvalue weighted by atomic mass is 10.1. The van der Waals surface area contributed by atoms with E-state index < -0.39 is 23.6 Å². The molecule has 0 spiro atoms. The fourth-order valence-electron chi connectivity index (χ4n) is 3.40. The molecule has 0 unspecified atom stereocenters. The quantitative estimate of drug-likeness (QED) is 0.602. The van der Waals surface area contributed by atoms with Crippen LogP contribution in [0, 0.1) is 0 Å². The van der Waals surface area contributed by atoms with E-state index in [2.05, 4.69) is 4.90 Å². The summed E-state index contributed by atoms with van der Waals surface area (Å²) in [4.78, 5) is 28.6. The van der Waals surface area contributed by atoms with E-state index in [-0.39, 0.29) is 19.7 Å². The largest absolute Gasteiger partial charge is 0.465 e. The molecule has 1 saturated heterocycles. The number of halogens is 3. The van der Waals surface area contributed by atoms with E-state index in [1.54, 1.807) is 19.1 Å². The van der Waals surface area contributed by atoms with Gasteiger partial charge in [-0.2, -0.15) is 13.2 Å².